The molecule has 0 saturated heterocycles. The molecular weight excluding hydrogens is 294 g/mol. The minimum absolute atomic E-state index is 0.00836. The Hall–Kier alpha value is -1.51. The van der Waals surface area contributed by atoms with E-state index >= 15 is 0 Å². The first-order valence-electron chi connectivity index (χ1n) is 5.21. The van der Waals surface area contributed by atoms with Crippen LogP contribution in [0.5, 0.6) is 0 Å². The zero-order valence-corrected chi connectivity index (χ0v) is 11.7. The lowest BCUT2D eigenvalue weighted by atomic mass is 10.2. The van der Waals surface area contributed by atoms with Gasteiger partial charge in [0.15, 0.2) is 0 Å². The lowest BCUT2D eigenvalue weighted by molar-refractivity contribution is 0.159. The fourth-order valence-electron chi connectivity index (χ4n) is 1.33. The van der Waals surface area contributed by atoms with Gasteiger partial charge in [-0.1, -0.05) is 11.6 Å². The number of nitrogens with one attached hydrogen (secondary N) is 1. The second-order valence-corrected chi connectivity index (χ2v) is 5.85. The number of halogens is 1. The molecule has 9 heteroatoms. The van der Waals surface area contributed by atoms with Crippen LogP contribution in [0.2, 0.25) is 5.02 Å². The van der Waals surface area contributed by atoms with Gasteiger partial charge in [-0.3, -0.25) is 0 Å². The van der Waals surface area contributed by atoms with Crippen LogP contribution >= 0.6 is 11.6 Å². The van der Waals surface area contributed by atoms with Gasteiger partial charge in [0.05, 0.1) is 15.6 Å². The molecule has 19 heavy (non-hydrogen) atoms. The van der Waals surface area contributed by atoms with Gasteiger partial charge in [0.1, 0.15) is 6.61 Å². The van der Waals surface area contributed by atoms with Gasteiger partial charge in [-0.15, -0.1) is 0 Å². The summed E-state index contributed by atoms with van der Waals surface area (Å²) in [7, 11) is -3.74. The van der Waals surface area contributed by atoms with Crippen molar-refractivity contribution in [3.05, 3.63) is 22.7 Å². The molecule has 7 nitrogen and oxygen atoms in total. The molecule has 1 rings (SSSR count). The van der Waals surface area contributed by atoms with Crippen molar-refractivity contribution in [2.45, 2.75) is 11.8 Å². The number of amides is 1. The van der Waals surface area contributed by atoms with E-state index in [-0.39, 0.29) is 23.7 Å². The Kier molecular flexibility index (Phi) is 4.98. The molecule has 0 atom stereocenters. The summed E-state index contributed by atoms with van der Waals surface area (Å²) in [6, 6.07) is 2.66. The molecule has 0 unspecified atom stereocenters. The number of primary amides is 1. The first-order valence-corrected chi connectivity index (χ1v) is 7.07. The molecule has 0 aliphatic heterocycles. The zero-order chi connectivity index (χ0) is 14.6. The number of hydrogen-bond donors (Lipinski definition) is 3. The number of aryl methyl sites for hydroxylation is 1. The minimum atomic E-state index is -3.74. The number of nitrogen functional groups attached to an aromatic ring is 1. The third-order valence-electron chi connectivity index (χ3n) is 2.20. The molecule has 1 aromatic carbocycles. The van der Waals surface area contributed by atoms with Crippen LogP contribution in [0.4, 0.5) is 10.5 Å². The largest absolute Gasteiger partial charge is 0.448 e. The lowest BCUT2D eigenvalue weighted by Crippen LogP contribution is -2.29. The summed E-state index contributed by atoms with van der Waals surface area (Å²) in [5.74, 6) is 0. The zero-order valence-electron chi connectivity index (χ0n) is 10.1. The Bertz CT molecular complexity index is 565. The average Bonchev–Trinajstić information content (AvgIpc) is 2.31. The van der Waals surface area contributed by atoms with Crippen molar-refractivity contribution in [2.24, 2.45) is 5.73 Å². The highest BCUT2D eigenvalue weighted by Crippen LogP contribution is 2.26. The Morgan fingerprint density at radius 1 is 1.47 bits per heavy atom. The lowest BCUT2D eigenvalue weighted by Gasteiger charge is -2.10. The van der Waals surface area contributed by atoms with Gasteiger partial charge in [0, 0.05) is 6.54 Å². The normalized spacial score (nSPS) is 11.3. The predicted molar refractivity (Wildman–Crippen MR) is 71.3 cm³/mol. The van der Waals surface area contributed by atoms with Crippen molar-refractivity contribution in [1.29, 1.82) is 0 Å². The number of anilines is 1. The highest BCUT2D eigenvalue weighted by Gasteiger charge is 2.16. The summed E-state index contributed by atoms with van der Waals surface area (Å²) < 4.78 is 30.5. The van der Waals surface area contributed by atoms with E-state index in [1.54, 1.807) is 6.92 Å². The van der Waals surface area contributed by atoms with Crippen LogP contribution in [0.1, 0.15) is 5.56 Å². The first-order chi connectivity index (χ1) is 8.74. The molecular formula is C10H14ClN3O4S. The van der Waals surface area contributed by atoms with Crippen LogP contribution < -0.4 is 16.2 Å². The fourth-order valence-corrected chi connectivity index (χ4v) is 2.57. The van der Waals surface area contributed by atoms with Gasteiger partial charge in [0.2, 0.25) is 10.0 Å². The van der Waals surface area contributed by atoms with E-state index in [4.69, 9.17) is 23.1 Å². The summed E-state index contributed by atoms with van der Waals surface area (Å²) in [6.07, 6.45) is -0.967. The molecule has 1 aromatic rings. The van der Waals surface area contributed by atoms with Crippen molar-refractivity contribution in [3.8, 4) is 0 Å². The van der Waals surface area contributed by atoms with Gasteiger partial charge >= 0.3 is 6.09 Å². The second kappa shape index (κ2) is 6.09. The first kappa shape index (κ1) is 15.5. The maximum atomic E-state index is 11.9. The molecule has 0 spiro atoms. The Labute approximate surface area is 115 Å². The van der Waals surface area contributed by atoms with Crippen molar-refractivity contribution in [2.75, 3.05) is 18.9 Å². The Balaban J connectivity index is 2.80. The van der Waals surface area contributed by atoms with E-state index in [2.05, 4.69) is 9.46 Å². The highest BCUT2D eigenvalue weighted by molar-refractivity contribution is 7.89. The Morgan fingerprint density at radius 3 is 2.63 bits per heavy atom. The maximum absolute atomic E-state index is 11.9. The monoisotopic (exact) mass is 307 g/mol. The molecule has 0 aliphatic rings. The highest BCUT2D eigenvalue weighted by atomic mass is 35.5. The predicted octanol–water partition coefficient (Wildman–Crippen LogP) is 0.604. The van der Waals surface area contributed by atoms with Crippen molar-refractivity contribution in [1.82, 2.24) is 4.72 Å². The van der Waals surface area contributed by atoms with Gasteiger partial charge in [-0.05, 0) is 24.6 Å². The number of carbonyl (C=O) groups excluding carboxylic acids is 1. The standard InChI is InChI=1S/C10H14ClN3O4S/c1-6-4-7(5-8(12)9(6)11)19(16,17)14-2-3-18-10(13)15/h4-5,14H,2-3,12H2,1H3,(H2,13,15). The summed E-state index contributed by atoms with van der Waals surface area (Å²) in [4.78, 5) is 10.3. The van der Waals surface area contributed by atoms with Crippen molar-refractivity contribution < 1.29 is 17.9 Å². The summed E-state index contributed by atoms with van der Waals surface area (Å²) >= 11 is 5.85. The number of carbonyl (C=O) groups is 1. The molecule has 0 heterocycles. The van der Waals surface area contributed by atoms with Crippen molar-refractivity contribution >= 4 is 33.4 Å². The van der Waals surface area contributed by atoms with Gasteiger partial charge < -0.3 is 16.2 Å². The van der Waals surface area contributed by atoms with E-state index in [1.807, 2.05) is 0 Å². The number of rotatable bonds is 5. The SMILES string of the molecule is Cc1cc(S(=O)(=O)NCCOC(N)=O)cc(N)c1Cl. The molecule has 106 valence electrons. The van der Waals surface area contributed by atoms with E-state index in [9.17, 15) is 13.2 Å². The average molecular weight is 308 g/mol. The maximum Gasteiger partial charge on any atom is 0.404 e. The summed E-state index contributed by atoms with van der Waals surface area (Å²) in [5.41, 5.74) is 11.1. The van der Waals surface area contributed by atoms with E-state index in [0.717, 1.165) is 0 Å². The van der Waals surface area contributed by atoms with Crippen LogP contribution in [0.15, 0.2) is 17.0 Å². The molecule has 0 saturated carbocycles. The minimum Gasteiger partial charge on any atom is -0.448 e. The quantitative estimate of drug-likeness (QED) is 0.543. The van der Waals surface area contributed by atoms with Gasteiger partial charge in [0.25, 0.3) is 0 Å². The van der Waals surface area contributed by atoms with Crippen LogP contribution in [-0.2, 0) is 14.8 Å². The fraction of sp³-hybridized carbons (Fsp3) is 0.300. The van der Waals surface area contributed by atoms with E-state index in [0.29, 0.717) is 10.6 Å². The molecule has 0 radical (unpaired) electrons. The number of ether oxygens (including phenoxy) is 1. The van der Waals surface area contributed by atoms with Crippen LogP contribution in [0.3, 0.4) is 0 Å². The smallest absolute Gasteiger partial charge is 0.404 e. The summed E-state index contributed by atoms with van der Waals surface area (Å²) in [5, 5.41) is 0.316. The molecule has 0 fully saturated rings. The molecule has 0 bridgehead atoms. The number of hydrogen-bond acceptors (Lipinski definition) is 5. The molecule has 1 amide bonds. The number of nitrogens with two attached hydrogens (primary N) is 2. The van der Waals surface area contributed by atoms with Crippen LogP contribution in [0.25, 0.3) is 0 Å². The van der Waals surface area contributed by atoms with E-state index < -0.39 is 16.1 Å². The summed E-state index contributed by atoms with van der Waals surface area (Å²) in [6.45, 7) is 1.40. The van der Waals surface area contributed by atoms with E-state index in [1.165, 1.54) is 12.1 Å². The van der Waals surface area contributed by atoms with Gasteiger partial charge in [-0.2, -0.15) is 0 Å². The van der Waals surface area contributed by atoms with Crippen LogP contribution in [-0.4, -0.2) is 27.7 Å². The Morgan fingerprint density at radius 2 is 2.11 bits per heavy atom. The number of sulfonamides is 1. The molecule has 5 N–H and O–H groups in total. The number of benzene rings is 1. The third-order valence-corrected chi connectivity index (χ3v) is 4.16. The van der Waals surface area contributed by atoms with Crippen LogP contribution in [0, 0.1) is 6.92 Å². The topological polar surface area (TPSA) is 125 Å². The van der Waals surface area contributed by atoms with Gasteiger partial charge in [-0.25, -0.2) is 17.9 Å². The third kappa shape index (κ3) is 4.27. The molecule has 0 aromatic heterocycles. The molecule has 0 aliphatic carbocycles. The second-order valence-electron chi connectivity index (χ2n) is 3.71. The van der Waals surface area contributed by atoms with Crippen molar-refractivity contribution in [3.63, 3.8) is 0 Å².